The normalized spacial score (nSPS) is 12.8. The molecular formula is C15H22N2O4. The van der Waals surface area contributed by atoms with Gasteiger partial charge in [-0.1, -0.05) is 20.8 Å². The third-order valence-corrected chi connectivity index (χ3v) is 3.02. The second-order valence-electron chi connectivity index (χ2n) is 6.22. The van der Waals surface area contributed by atoms with Crippen LogP contribution in [0.1, 0.15) is 37.6 Å². The van der Waals surface area contributed by atoms with Crippen LogP contribution in [0.5, 0.6) is 5.75 Å². The number of nitrogens with two attached hydrogens (primary N) is 1. The molecule has 1 aromatic rings. The van der Waals surface area contributed by atoms with Gasteiger partial charge in [0.1, 0.15) is 5.75 Å². The van der Waals surface area contributed by atoms with Gasteiger partial charge in [0.25, 0.3) is 0 Å². The number of benzene rings is 1. The molecule has 6 heteroatoms. The number of carbonyl (C=O) groups is 2. The first-order valence-corrected chi connectivity index (χ1v) is 6.71. The number of carboxylic acid groups (broad SMARTS) is 1. The number of carboxylic acids is 1. The van der Waals surface area contributed by atoms with E-state index < -0.39 is 11.9 Å². The summed E-state index contributed by atoms with van der Waals surface area (Å²) in [5, 5.41) is 21.2. The van der Waals surface area contributed by atoms with Crippen molar-refractivity contribution in [2.75, 3.05) is 11.9 Å². The minimum atomic E-state index is -1.13. The highest BCUT2D eigenvalue weighted by atomic mass is 16.4. The van der Waals surface area contributed by atoms with Gasteiger partial charge < -0.3 is 21.3 Å². The van der Waals surface area contributed by atoms with Crippen molar-refractivity contribution in [3.8, 4) is 5.75 Å². The number of phenols is 1. The van der Waals surface area contributed by atoms with E-state index in [0.29, 0.717) is 6.42 Å². The molecule has 0 spiro atoms. The van der Waals surface area contributed by atoms with E-state index in [9.17, 15) is 14.7 Å². The molecule has 0 bridgehead atoms. The molecule has 0 aromatic heterocycles. The van der Waals surface area contributed by atoms with E-state index in [4.69, 9.17) is 10.8 Å². The van der Waals surface area contributed by atoms with Crippen LogP contribution in [0.4, 0.5) is 5.69 Å². The summed E-state index contributed by atoms with van der Waals surface area (Å²) in [4.78, 5) is 23.1. The van der Waals surface area contributed by atoms with Crippen LogP contribution >= 0.6 is 0 Å². The molecule has 0 aliphatic heterocycles. The molecule has 1 amide bonds. The monoisotopic (exact) mass is 294 g/mol. The summed E-state index contributed by atoms with van der Waals surface area (Å²) in [6.45, 7) is 6.20. The number of rotatable bonds is 5. The summed E-state index contributed by atoms with van der Waals surface area (Å²) in [5.41, 5.74) is 5.64. The summed E-state index contributed by atoms with van der Waals surface area (Å²) in [6, 6.07) is 3.73. The van der Waals surface area contributed by atoms with Crippen LogP contribution in [0.25, 0.3) is 0 Å². The number of aromatic carboxylic acids is 1. The van der Waals surface area contributed by atoms with Crippen LogP contribution < -0.4 is 11.1 Å². The summed E-state index contributed by atoms with van der Waals surface area (Å²) in [5.74, 6) is -2.04. The topological polar surface area (TPSA) is 113 Å². The lowest BCUT2D eigenvalue weighted by Crippen LogP contribution is -2.32. The quantitative estimate of drug-likeness (QED) is 0.621. The van der Waals surface area contributed by atoms with E-state index in [1.54, 1.807) is 0 Å². The molecule has 1 aromatic carbocycles. The number of aromatic hydroxyl groups is 1. The van der Waals surface area contributed by atoms with Crippen molar-refractivity contribution in [1.82, 2.24) is 0 Å². The van der Waals surface area contributed by atoms with Gasteiger partial charge >= 0.3 is 5.97 Å². The molecule has 0 saturated heterocycles. The lowest BCUT2D eigenvalue weighted by Gasteiger charge is -2.24. The Bertz CT molecular complexity index is 535. The third kappa shape index (κ3) is 5.07. The van der Waals surface area contributed by atoms with Gasteiger partial charge in [-0.15, -0.1) is 0 Å². The number of hydrogen-bond donors (Lipinski definition) is 4. The van der Waals surface area contributed by atoms with Gasteiger partial charge in [-0.2, -0.15) is 0 Å². The van der Waals surface area contributed by atoms with Gasteiger partial charge in [0, 0.05) is 6.54 Å². The van der Waals surface area contributed by atoms with Crippen molar-refractivity contribution in [3.05, 3.63) is 23.8 Å². The van der Waals surface area contributed by atoms with Gasteiger partial charge in [0.2, 0.25) is 5.91 Å². The van der Waals surface area contributed by atoms with Gasteiger partial charge in [-0.25, -0.2) is 4.79 Å². The highest BCUT2D eigenvalue weighted by Gasteiger charge is 2.24. The molecule has 0 radical (unpaired) electrons. The fourth-order valence-electron chi connectivity index (χ4n) is 2.03. The molecule has 5 N–H and O–H groups in total. The van der Waals surface area contributed by atoms with Crippen molar-refractivity contribution >= 4 is 17.6 Å². The van der Waals surface area contributed by atoms with Gasteiger partial charge in [-0.05, 0) is 30.0 Å². The fourth-order valence-corrected chi connectivity index (χ4v) is 2.03. The second-order valence-corrected chi connectivity index (χ2v) is 6.22. The van der Waals surface area contributed by atoms with Crippen LogP contribution in [-0.2, 0) is 4.79 Å². The Balaban J connectivity index is 2.91. The van der Waals surface area contributed by atoms with E-state index in [-0.39, 0.29) is 34.9 Å². The Hall–Kier alpha value is -2.08. The molecule has 0 aliphatic rings. The molecule has 1 rings (SSSR count). The van der Waals surface area contributed by atoms with Crippen molar-refractivity contribution in [2.24, 2.45) is 17.1 Å². The van der Waals surface area contributed by atoms with E-state index in [2.05, 4.69) is 5.32 Å². The Kier molecular flexibility index (Phi) is 5.32. The van der Waals surface area contributed by atoms with Crippen molar-refractivity contribution in [3.63, 3.8) is 0 Å². The lowest BCUT2D eigenvalue weighted by molar-refractivity contribution is -0.120. The zero-order valence-corrected chi connectivity index (χ0v) is 12.5. The van der Waals surface area contributed by atoms with E-state index >= 15 is 0 Å². The van der Waals surface area contributed by atoms with E-state index in [1.807, 2.05) is 20.8 Å². The zero-order chi connectivity index (χ0) is 16.2. The van der Waals surface area contributed by atoms with Crippen LogP contribution in [0, 0.1) is 11.3 Å². The molecule has 116 valence electrons. The van der Waals surface area contributed by atoms with Gasteiger partial charge in [0.15, 0.2) is 0 Å². The molecular weight excluding hydrogens is 272 g/mol. The first-order valence-electron chi connectivity index (χ1n) is 6.71. The smallest absolute Gasteiger partial charge is 0.335 e. The van der Waals surface area contributed by atoms with E-state index in [1.165, 1.54) is 18.2 Å². The second kappa shape index (κ2) is 6.58. The van der Waals surface area contributed by atoms with E-state index in [0.717, 1.165) is 0 Å². The summed E-state index contributed by atoms with van der Waals surface area (Å²) >= 11 is 0. The van der Waals surface area contributed by atoms with Crippen molar-refractivity contribution in [2.45, 2.75) is 27.2 Å². The van der Waals surface area contributed by atoms with Crippen molar-refractivity contribution < 1.29 is 19.8 Å². The summed E-state index contributed by atoms with van der Waals surface area (Å²) in [7, 11) is 0. The predicted octanol–water partition coefficient (Wildman–Crippen LogP) is 2.04. The average Bonchev–Trinajstić information content (AvgIpc) is 2.37. The first-order chi connectivity index (χ1) is 9.64. The standard InChI is InChI=1S/C15H22N2O4/c1-15(2,3)7-10(8-16)13(19)17-11-6-9(14(20)21)4-5-12(11)18/h4-6,10,18H,7-8,16H2,1-3H3,(H,17,19)(H,20,21). The Morgan fingerprint density at radius 2 is 1.95 bits per heavy atom. The number of carbonyl (C=O) groups excluding carboxylic acids is 1. The Morgan fingerprint density at radius 3 is 2.43 bits per heavy atom. The molecule has 0 saturated carbocycles. The first kappa shape index (κ1) is 17.0. The maximum absolute atomic E-state index is 12.2. The molecule has 1 unspecified atom stereocenters. The Morgan fingerprint density at radius 1 is 1.33 bits per heavy atom. The molecule has 0 aliphatic carbocycles. The van der Waals surface area contributed by atoms with Crippen LogP contribution in [-0.4, -0.2) is 28.6 Å². The van der Waals surface area contributed by atoms with Gasteiger partial charge in [-0.3, -0.25) is 4.79 Å². The highest BCUT2D eigenvalue weighted by Crippen LogP contribution is 2.28. The maximum atomic E-state index is 12.2. The van der Waals surface area contributed by atoms with Crippen LogP contribution in [0.15, 0.2) is 18.2 Å². The minimum Gasteiger partial charge on any atom is -0.506 e. The number of hydrogen-bond acceptors (Lipinski definition) is 4. The molecule has 6 nitrogen and oxygen atoms in total. The number of amides is 1. The SMILES string of the molecule is CC(C)(C)CC(CN)C(=O)Nc1cc(C(=O)O)ccc1O. The predicted molar refractivity (Wildman–Crippen MR) is 80.3 cm³/mol. The number of anilines is 1. The molecule has 21 heavy (non-hydrogen) atoms. The lowest BCUT2D eigenvalue weighted by atomic mass is 9.84. The Labute approximate surface area is 124 Å². The highest BCUT2D eigenvalue weighted by molar-refractivity contribution is 5.96. The molecule has 0 fully saturated rings. The minimum absolute atomic E-state index is 0.0109. The average molecular weight is 294 g/mol. The molecule has 0 heterocycles. The fraction of sp³-hybridized carbons (Fsp3) is 0.467. The number of phenolic OH excluding ortho intramolecular Hbond substituents is 1. The van der Waals surface area contributed by atoms with Crippen LogP contribution in [0.3, 0.4) is 0 Å². The zero-order valence-electron chi connectivity index (χ0n) is 12.5. The number of nitrogens with one attached hydrogen (secondary N) is 1. The third-order valence-electron chi connectivity index (χ3n) is 3.02. The summed E-state index contributed by atoms with van der Waals surface area (Å²) < 4.78 is 0. The van der Waals surface area contributed by atoms with Crippen LogP contribution in [0.2, 0.25) is 0 Å². The van der Waals surface area contributed by atoms with Gasteiger partial charge in [0.05, 0.1) is 17.2 Å². The largest absolute Gasteiger partial charge is 0.506 e. The van der Waals surface area contributed by atoms with Crippen molar-refractivity contribution in [1.29, 1.82) is 0 Å². The maximum Gasteiger partial charge on any atom is 0.335 e. The summed E-state index contributed by atoms with van der Waals surface area (Å²) in [6.07, 6.45) is 0.592. The molecule has 1 atom stereocenters.